The first-order chi connectivity index (χ1) is 7.79. The van der Waals surface area contributed by atoms with E-state index >= 15 is 0 Å². The van der Waals surface area contributed by atoms with Gasteiger partial charge in [-0.1, -0.05) is 0 Å². The number of ether oxygens (including phenoxy) is 1. The molecule has 0 radical (unpaired) electrons. The van der Waals surface area contributed by atoms with Gasteiger partial charge < -0.3 is 19.8 Å². The molecule has 0 bridgehead atoms. The number of hydrogen-bond donors (Lipinski definition) is 2. The summed E-state index contributed by atoms with van der Waals surface area (Å²) in [5, 5.41) is 6.33. The van der Waals surface area contributed by atoms with Gasteiger partial charge in [0.05, 0.1) is 6.61 Å². The molecule has 0 saturated carbocycles. The van der Waals surface area contributed by atoms with Crippen LogP contribution >= 0.6 is 0 Å². The number of carbonyl (C=O) groups is 1. The van der Waals surface area contributed by atoms with Gasteiger partial charge in [-0.05, 0) is 19.9 Å². The van der Waals surface area contributed by atoms with E-state index in [4.69, 9.17) is 9.15 Å². The molecule has 1 atom stereocenters. The summed E-state index contributed by atoms with van der Waals surface area (Å²) >= 11 is 0. The third kappa shape index (κ3) is 2.52. The normalized spacial score (nSPS) is 19.7. The van der Waals surface area contributed by atoms with E-state index in [0.29, 0.717) is 18.7 Å². The topological polar surface area (TPSA) is 76.4 Å². The van der Waals surface area contributed by atoms with Crippen LogP contribution in [-0.2, 0) is 4.74 Å². The minimum absolute atomic E-state index is 0.204. The summed E-state index contributed by atoms with van der Waals surface area (Å²) in [7, 11) is 0. The van der Waals surface area contributed by atoms with Gasteiger partial charge in [0.2, 0.25) is 0 Å². The molecular formula is C10H15N3O3. The third-order valence-electron chi connectivity index (χ3n) is 2.38. The quantitative estimate of drug-likeness (QED) is 0.732. The molecule has 2 N–H and O–H groups in total. The zero-order valence-corrected chi connectivity index (χ0v) is 9.16. The number of hydrogen-bond acceptors (Lipinski definition) is 6. The molecule has 0 spiro atoms. The Balaban J connectivity index is 1.93. The van der Waals surface area contributed by atoms with Crippen molar-refractivity contribution in [3.05, 3.63) is 12.0 Å². The fourth-order valence-electron chi connectivity index (χ4n) is 1.59. The first-order valence-electron chi connectivity index (χ1n) is 5.39. The lowest BCUT2D eigenvalue weighted by Gasteiger charge is -2.07. The molecule has 2 heterocycles. The Hall–Kier alpha value is -1.56. The lowest BCUT2D eigenvalue weighted by Crippen LogP contribution is -2.22. The van der Waals surface area contributed by atoms with E-state index < -0.39 is 5.97 Å². The summed E-state index contributed by atoms with van der Waals surface area (Å²) in [5.74, 6) is -0.455. The van der Waals surface area contributed by atoms with Gasteiger partial charge in [0.15, 0.2) is 5.69 Å². The highest BCUT2D eigenvalue weighted by Crippen LogP contribution is 2.12. The van der Waals surface area contributed by atoms with Gasteiger partial charge in [0, 0.05) is 12.6 Å². The number of esters is 1. The summed E-state index contributed by atoms with van der Waals surface area (Å²) in [6.07, 6.45) is 2.33. The fourth-order valence-corrected chi connectivity index (χ4v) is 1.59. The van der Waals surface area contributed by atoms with Crippen LogP contribution in [-0.4, -0.2) is 36.7 Å². The summed E-state index contributed by atoms with van der Waals surface area (Å²) in [4.78, 5) is 15.3. The van der Waals surface area contributed by atoms with Crippen molar-refractivity contribution in [3.63, 3.8) is 0 Å². The zero-order valence-electron chi connectivity index (χ0n) is 9.16. The van der Waals surface area contributed by atoms with Crippen LogP contribution in [0.2, 0.25) is 0 Å². The Bertz CT molecular complexity index is 358. The second kappa shape index (κ2) is 4.98. The average molecular weight is 225 g/mol. The van der Waals surface area contributed by atoms with Gasteiger partial charge in [0.25, 0.3) is 6.01 Å². The van der Waals surface area contributed by atoms with Crippen LogP contribution in [0.5, 0.6) is 0 Å². The van der Waals surface area contributed by atoms with Crippen molar-refractivity contribution in [2.45, 2.75) is 19.4 Å². The van der Waals surface area contributed by atoms with Crippen LogP contribution in [0.1, 0.15) is 23.8 Å². The van der Waals surface area contributed by atoms with Gasteiger partial charge in [0.1, 0.15) is 6.26 Å². The second-order valence-electron chi connectivity index (χ2n) is 3.59. The molecule has 6 nitrogen and oxygen atoms in total. The molecule has 1 saturated heterocycles. The van der Waals surface area contributed by atoms with Crippen LogP contribution in [0, 0.1) is 0 Å². The highest BCUT2D eigenvalue weighted by atomic mass is 16.5. The van der Waals surface area contributed by atoms with E-state index in [0.717, 1.165) is 19.5 Å². The average Bonchev–Trinajstić information content (AvgIpc) is 2.90. The van der Waals surface area contributed by atoms with E-state index in [1.54, 1.807) is 6.92 Å². The van der Waals surface area contributed by atoms with Crippen molar-refractivity contribution < 1.29 is 13.9 Å². The van der Waals surface area contributed by atoms with Crippen LogP contribution in [0.25, 0.3) is 0 Å². The van der Waals surface area contributed by atoms with Crippen molar-refractivity contribution in [1.29, 1.82) is 0 Å². The van der Waals surface area contributed by atoms with Crippen molar-refractivity contribution in [1.82, 2.24) is 10.3 Å². The number of oxazole rings is 1. The summed E-state index contributed by atoms with van der Waals surface area (Å²) in [6.45, 7) is 3.96. The number of nitrogens with one attached hydrogen (secondary N) is 2. The Morgan fingerprint density at radius 2 is 2.69 bits per heavy atom. The highest BCUT2D eigenvalue weighted by molar-refractivity contribution is 5.87. The first-order valence-corrected chi connectivity index (χ1v) is 5.39. The highest BCUT2D eigenvalue weighted by Gasteiger charge is 2.18. The standard InChI is InChI=1S/C10H15N3O3/c1-2-15-9(14)8-6-16-10(13-8)12-7-3-4-11-5-7/h6-7,11H,2-5H2,1H3,(H,12,13). The van der Waals surface area contributed by atoms with Gasteiger partial charge >= 0.3 is 5.97 Å². The predicted molar refractivity (Wildman–Crippen MR) is 57.4 cm³/mol. The van der Waals surface area contributed by atoms with E-state index in [9.17, 15) is 4.79 Å². The molecule has 6 heteroatoms. The van der Waals surface area contributed by atoms with Crippen LogP contribution in [0.15, 0.2) is 10.7 Å². The smallest absolute Gasteiger partial charge is 0.360 e. The Kier molecular flexibility index (Phi) is 3.40. The van der Waals surface area contributed by atoms with Gasteiger partial charge in [-0.25, -0.2) is 4.79 Å². The molecule has 1 aromatic heterocycles. The molecule has 0 aromatic carbocycles. The van der Waals surface area contributed by atoms with Crippen molar-refractivity contribution in [2.24, 2.45) is 0 Å². The number of carbonyl (C=O) groups excluding carboxylic acids is 1. The first kappa shape index (κ1) is 10.9. The lowest BCUT2D eigenvalue weighted by molar-refractivity contribution is 0.0519. The Morgan fingerprint density at radius 3 is 3.38 bits per heavy atom. The number of aromatic nitrogens is 1. The molecule has 1 unspecified atom stereocenters. The third-order valence-corrected chi connectivity index (χ3v) is 2.38. The molecule has 88 valence electrons. The summed E-state index contributed by atoms with van der Waals surface area (Å²) in [6, 6.07) is 0.686. The maximum Gasteiger partial charge on any atom is 0.360 e. The number of anilines is 1. The van der Waals surface area contributed by atoms with Crippen molar-refractivity contribution >= 4 is 12.0 Å². The molecule has 1 aromatic rings. The number of rotatable bonds is 4. The van der Waals surface area contributed by atoms with E-state index in [1.165, 1.54) is 6.26 Å². The van der Waals surface area contributed by atoms with E-state index in [2.05, 4.69) is 15.6 Å². The monoisotopic (exact) mass is 225 g/mol. The second-order valence-corrected chi connectivity index (χ2v) is 3.59. The maximum atomic E-state index is 11.3. The largest absolute Gasteiger partial charge is 0.461 e. The minimum atomic E-state index is -0.455. The Labute approximate surface area is 93.4 Å². The molecule has 0 aliphatic carbocycles. The zero-order chi connectivity index (χ0) is 11.4. The van der Waals surface area contributed by atoms with Gasteiger partial charge in [-0.2, -0.15) is 4.98 Å². The van der Waals surface area contributed by atoms with Crippen molar-refractivity contribution in [2.75, 3.05) is 25.0 Å². The summed E-state index contributed by atoms with van der Waals surface area (Å²) in [5.41, 5.74) is 0.204. The molecule has 16 heavy (non-hydrogen) atoms. The summed E-state index contributed by atoms with van der Waals surface area (Å²) < 4.78 is 9.95. The molecule has 1 aliphatic rings. The lowest BCUT2D eigenvalue weighted by atomic mass is 10.3. The van der Waals surface area contributed by atoms with Gasteiger partial charge in [-0.15, -0.1) is 0 Å². The molecule has 0 amide bonds. The Morgan fingerprint density at radius 1 is 1.81 bits per heavy atom. The van der Waals surface area contributed by atoms with E-state index in [-0.39, 0.29) is 5.69 Å². The molecule has 1 aliphatic heterocycles. The van der Waals surface area contributed by atoms with Crippen LogP contribution in [0.3, 0.4) is 0 Å². The van der Waals surface area contributed by atoms with Crippen molar-refractivity contribution in [3.8, 4) is 0 Å². The fraction of sp³-hybridized carbons (Fsp3) is 0.600. The van der Waals surface area contributed by atoms with Gasteiger partial charge in [-0.3, -0.25) is 0 Å². The minimum Gasteiger partial charge on any atom is -0.461 e. The van der Waals surface area contributed by atoms with Crippen LogP contribution in [0.4, 0.5) is 6.01 Å². The molecular weight excluding hydrogens is 210 g/mol. The maximum absolute atomic E-state index is 11.3. The molecule has 1 fully saturated rings. The predicted octanol–water partition coefficient (Wildman–Crippen LogP) is 0.625. The number of nitrogens with zero attached hydrogens (tertiary/aromatic N) is 1. The van der Waals surface area contributed by atoms with E-state index in [1.807, 2.05) is 0 Å². The molecule has 2 rings (SSSR count). The SMILES string of the molecule is CCOC(=O)c1coc(NC2CCNC2)n1. The van der Waals surface area contributed by atoms with Crippen LogP contribution < -0.4 is 10.6 Å².